The maximum Gasteiger partial charge on any atom is 0.257 e. The Morgan fingerprint density at radius 2 is 1.95 bits per heavy atom. The molecule has 104 valence electrons. The Morgan fingerprint density at radius 3 is 2.53 bits per heavy atom. The first-order valence-electron chi connectivity index (χ1n) is 6.64. The third-order valence-electron chi connectivity index (χ3n) is 3.55. The van der Waals surface area contributed by atoms with Crippen molar-refractivity contribution in [2.24, 2.45) is 11.8 Å². The molecule has 2 atom stereocenters. The Balaban J connectivity index is 2.26. The van der Waals surface area contributed by atoms with Gasteiger partial charge >= 0.3 is 0 Å². The molecule has 2 rings (SSSR count). The number of hydrogen-bond donors (Lipinski definition) is 0. The van der Waals surface area contributed by atoms with E-state index in [-0.39, 0.29) is 5.91 Å². The van der Waals surface area contributed by atoms with Crippen molar-refractivity contribution in [3.05, 3.63) is 29.6 Å². The molecule has 1 amide bonds. The fourth-order valence-corrected chi connectivity index (χ4v) is 2.85. The van der Waals surface area contributed by atoms with Gasteiger partial charge in [0.15, 0.2) is 0 Å². The summed E-state index contributed by atoms with van der Waals surface area (Å²) in [4.78, 5) is 14.3. The van der Waals surface area contributed by atoms with E-state index in [1.165, 1.54) is 25.3 Å². The molecule has 0 bridgehead atoms. The van der Waals surface area contributed by atoms with E-state index in [4.69, 9.17) is 4.74 Å². The van der Waals surface area contributed by atoms with Gasteiger partial charge in [-0.05, 0) is 36.5 Å². The van der Waals surface area contributed by atoms with Crippen molar-refractivity contribution in [2.75, 3.05) is 20.2 Å². The largest absolute Gasteiger partial charge is 0.496 e. The van der Waals surface area contributed by atoms with Crippen molar-refractivity contribution in [3.8, 4) is 5.75 Å². The smallest absolute Gasteiger partial charge is 0.257 e. The summed E-state index contributed by atoms with van der Waals surface area (Å²) < 4.78 is 18.5. The topological polar surface area (TPSA) is 29.5 Å². The second-order valence-electron chi connectivity index (χ2n) is 5.50. The number of ether oxygens (including phenoxy) is 1. The van der Waals surface area contributed by atoms with Crippen LogP contribution in [-0.4, -0.2) is 31.0 Å². The van der Waals surface area contributed by atoms with Crippen LogP contribution in [0.5, 0.6) is 5.75 Å². The van der Waals surface area contributed by atoms with Gasteiger partial charge in [-0.2, -0.15) is 0 Å². The van der Waals surface area contributed by atoms with Crippen LogP contribution in [-0.2, 0) is 0 Å². The van der Waals surface area contributed by atoms with Gasteiger partial charge in [0.1, 0.15) is 11.6 Å². The molecule has 3 nitrogen and oxygen atoms in total. The molecular weight excluding hydrogens is 245 g/mol. The highest BCUT2D eigenvalue weighted by molar-refractivity contribution is 5.97. The SMILES string of the molecule is COc1ccc(F)cc1C(=O)N1CC(C)CC(C)C1. The minimum Gasteiger partial charge on any atom is -0.496 e. The van der Waals surface area contributed by atoms with Crippen LogP contribution in [0, 0.1) is 17.7 Å². The molecule has 0 N–H and O–H groups in total. The molecule has 1 fully saturated rings. The van der Waals surface area contributed by atoms with Crippen LogP contribution in [0.2, 0.25) is 0 Å². The zero-order valence-corrected chi connectivity index (χ0v) is 11.6. The number of piperidine rings is 1. The highest BCUT2D eigenvalue weighted by atomic mass is 19.1. The number of rotatable bonds is 2. The van der Waals surface area contributed by atoms with E-state index in [0.29, 0.717) is 23.1 Å². The van der Waals surface area contributed by atoms with Crippen LogP contribution in [0.15, 0.2) is 18.2 Å². The highest BCUT2D eigenvalue weighted by Gasteiger charge is 2.27. The van der Waals surface area contributed by atoms with Gasteiger partial charge in [-0.25, -0.2) is 4.39 Å². The van der Waals surface area contributed by atoms with Crippen LogP contribution in [0.1, 0.15) is 30.6 Å². The summed E-state index contributed by atoms with van der Waals surface area (Å²) in [5.74, 6) is 0.828. The molecule has 0 aliphatic carbocycles. The van der Waals surface area contributed by atoms with Crippen molar-refractivity contribution < 1.29 is 13.9 Å². The van der Waals surface area contributed by atoms with Gasteiger partial charge in [-0.15, -0.1) is 0 Å². The number of likely N-dealkylation sites (tertiary alicyclic amines) is 1. The first kappa shape index (κ1) is 13.8. The van der Waals surface area contributed by atoms with Crippen molar-refractivity contribution in [2.45, 2.75) is 20.3 Å². The van der Waals surface area contributed by atoms with Gasteiger partial charge in [0.2, 0.25) is 0 Å². The third kappa shape index (κ3) is 3.06. The molecule has 0 saturated carbocycles. The highest BCUT2D eigenvalue weighted by Crippen LogP contribution is 2.26. The summed E-state index contributed by atoms with van der Waals surface area (Å²) in [5, 5.41) is 0. The first-order valence-corrected chi connectivity index (χ1v) is 6.64. The van der Waals surface area contributed by atoms with Gasteiger partial charge in [0, 0.05) is 13.1 Å². The molecule has 0 radical (unpaired) electrons. The van der Waals surface area contributed by atoms with Crippen molar-refractivity contribution >= 4 is 5.91 Å². The third-order valence-corrected chi connectivity index (χ3v) is 3.55. The van der Waals surface area contributed by atoms with Crippen molar-refractivity contribution in [3.63, 3.8) is 0 Å². The molecule has 1 aliphatic heterocycles. The number of amides is 1. The maximum atomic E-state index is 13.3. The lowest BCUT2D eigenvalue weighted by molar-refractivity contribution is 0.0619. The zero-order valence-electron chi connectivity index (χ0n) is 11.6. The molecule has 1 saturated heterocycles. The molecule has 2 unspecified atom stereocenters. The Kier molecular flexibility index (Phi) is 4.08. The second kappa shape index (κ2) is 5.59. The van der Waals surface area contributed by atoms with E-state index < -0.39 is 5.82 Å². The fourth-order valence-electron chi connectivity index (χ4n) is 2.85. The summed E-state index contributed by atoms with van der Waals surface area (Å²) in [5.41, 5.74) is 0.309. The molecule has 1 aliphatic rings. The van der Waals surface area contributed by atoms with E-state index in [2.05, 4.69) is 13.8 Å². The second-order valence-corrected chi connectivity index (χ2v) is 5.50. The van der Waals surface area contributed by atoms with E-state index in [0.717, 1.165) is 19.5 Å². The lowest BCUT2D eigenvalue weighted by Gasteiger charge is -2.35. The van der Waals surface area contributed by atoms with Gasteiger partial charge in [-0.3, -0.25) is 4.79 Å². The van der Waals surface area contributed by atoms with Gasteiger partial charge in [-0.1, -0.05) is 13.8 Å². The Morgan fingerprint density at radius 1 is 1.32 bits per heavy atom. The van der Waals surface area contributed by atoms with Crippen LogP contribution in [0.3, 0.4) is 0 Å². The number of carbonyl (C=O) groups is 1. The molecule has 0 aromatic heterocycles. The van der Waals surface area contributed by atoms with Gasteiger partial charge in [0.05, 0.1) is 12.7 Å². The lowest BCUT2D eigenvalue weighted by Crippen LogP contribution is -2.42. The number of hydrogen-bond acceptors (Lipinski definition) is 2. The van der Waals surface area contributed by atoms with Crippen LogP contribution >= 0.6 is 0 Å². The lowest BCUT2D eigenvalue weighted by atomic mass is 9.91. The molecule has 0 spiro atoms. The van der Waals surface area contributed by atoms with Crippen LogP contribution in [0.4, 0.5) is 4.39 Å². The summed E-state index contributed by atoms with van der Waals surface area (Å²) >= 11 is 0. The van der Waals surface area contributed by atoms with Crippen molar-refractivity contribution in [1.82, 2.24) is 4.90 Å². The summed E-state index contributed by atoms with van der Waals surface area (Å²) in [7, 11) is 1.49. The molecular formula is C15H20FNO2. The number of methoxy groups -OCH3 is 1. The van der Waals surface area contributed by atoms with E-state index >= 15 is 0 Å². The zero-order chi connectivity index (χ0) is 14.0. The average molecular weight is 265 g/mol. The maximum absolute atomic E-state index is 13.3. The molecule has 19 heavy (non-hydrogen) atoms. The van der Waals surface area contributed by atoms with E-state index in [1.54, 1.807) is 4.90 Å². The normalized spacial score (nSPS) is 23.3. The van der Waals surface area contributed by atoms with Gasteiger partial charge < -0.3 is 9.64 Å². The number of benzene rings is 1. The average Bonchev–Trinajstić information content (AvgIpc) is 2.36. The minimum absolute atomic E-state index is 0.144. The van der Waals surface area contributed by atoms with E-state index in [9.17, 15) is 9.18 Å². The number of halogens is 1. The van der Waals surface area contributed by atoms with Crippen LogP contribution < -0.4 is 4.74 Å². The standard InChI is InChI=1S/C15H20FNO2/c1-10-6-11(2)9-17(8-10)15(18)13-7-12(16)4-5-14(13)19-3/h4-5,7,10-11H,6,8-9H2,1-3H3. The summed E-state index contributed by atoms with van der Waals surface area (Å²) in [6.45, 7) is 5.73. The predicted molar refractivity (Wildman–Crippen MR) is 71.8 cm³/mol. The van der Waals surface area contributed by atoms with Crippen molar-refractivity contribution in [1.29, 1.82) is 0 Å². The van der Waals surface area contributed by atoms with E-state index in [1.807, 2.05) is 0 Å². The molecule has 1 aromatic rings. The summed E-state index contributed by atoms with van der Waals surface area (Å²) in [6.07, 6.45) is 1.13. The van der Waals surface area contributed by atoms with Gasteiger partial charge in [0.25, 0.3) is 5.91 Å². The Labute approximate surface area is 113 Å². The predicted octanol–water partition coefficient (Wildman–Crippen LogP) is 2.95. The fraction of sp³-hybridized carbons (Fsp3) is 0.533. The monoisotopic (exact) mass is 265 g/mol. The quantitative estimate of drug-likeness (QED) is 0.822. The Hall–Kier alpha value is -1.58. The molecule has 1 aromatic carbocycles. The molecule has 1 heterocycles. The summed E-state index contributed by atoms with van der Waals surface area (Å²) in [6, 6.07) is 4.06. The minimum atomic E-state index is -0.415. The number of carbonyl (C=O) groups excluding carboxylic acids is 1. The Bertz CT molecular complexity index is 465. The van der Waals surface area contributed by atoms with Crippen LogP contribution in [0.25, 0.3) is 0 Å². The molecule has 4 heteroatoms. The number of nitrogens with zero attached hydrogens (tertiary/aromatic N) is 1. The first-order chi connectivity index (χ1) is 9.01.